The summed E-state index contributed by atoms with van der Waals surface area (Å²) in [5.41, 5.74) is 0.127. The summed E-state index contributed by atoms with van der Waals surface area (Å²) in [6, 6.07) is 0. The van der Waals surface area contributed by atoms with Crippen molar-refractivity contribution in [2.24, 2.45) is 5.41 Å². The molecule has 1 heterocycles. The smallest absolute Gasteiger partial charge is 0.171 e. The highest BCUT2D eigenvalue weighted by Gasteiger charge is 2.57. The second-order valence-electron chi connectivity index (χ2n) is 4.27. The molecule has 2 atom stereocenters. The zero-order valence-electron chi connectivity index (χ0n) is 7.81. The van der Waals surface area contributed by atoms with Crippen LogP contribution in [0.2, 0.25) is 0 Å². The predicted octanol–water partition coefficient (Wildman–Crippen LogP) is 2.07. The molecule has 2 rings (SSSR count). The number of fused-ring (bicyclic) bond motifs is 1. The summed E-state index contributed by atoms with van der Waals surface area (Å²) in [6.07, 6.45) is 6.51. The molecule has 0 aromatic heterocycles. The van der Waals surface area contributed by atoms with Gasteiger partial charge in [0.25, 0.3) is 0 Å². The lowest BCUT2D eigenvalue weighted by Gasteiger charge is -2.34. The number of hydrogen-bond donors (Lipinski definition) is 1. The summed E-state index contributed by atoms with van der Waals surface area (Å²) < 4.78 is 5.48. The van der Waals surface area contributed by atoms with E-state index < -0.39 is 5.79 Å². The van der Waals surface area contributed by atoms with E-state index in [1.165, 1.54) is 0 Å². The Kier molecular flexibility index (Phi) is 1.92. The Morgan fingerprint density at radius 2 is 2.17 bits per heavy atom. The van der Waals surface area contributed by atoms with Crippen LogP contribution in [0.1, 0.15) is 45.4 Å². The van der Waals surface area contributed by atoms with Gasteiger partial charge in [-0.25, -0.2) is 0 Å². The van der Waals surface area contributed by atoms with Gasteiger partial charge in [0.1, 0.15) is 0 Å². The van der Waals surface area contributed by atoms with Gasteiger partial charge in [-0.05, 0) is 25.7 Å². The molecule has 12 heavy (non-hydrogen) atoms. The van der Waals surface area contributed by atoms with E-state index in [0.717, 1.165) is 45.1 Å². The standard InChI is InChI=1S/C10H18O2/c1-2-4-9-5-3-6-10(9,11)12-8-7-9/h11H,2-8H2,1H3. The van der Waals surface area contributed by atoms with Gasteiger partial charge >= 0.3 is 0 Å². The molecule has 0 spiro atoms. The van der Waals surface area contributed by atoms with E-state index in [2.05, 4.69) is 6.92 Å². The van der Waals surface area contributed by atoms with Crippen molar-refractivity contribution in [3.63, 3.8) is 0 Å². The van der Waals surface area contributed by atoms with Crippen LogP contribution in [0.4, 0.5) is 0 Å². The molecule has 2 aliphatic rings. The molecule has 2 fully saturated rings. The molecular formula is C10H18O2. The lowest BCUT2D eigenvalue weighted by atomic mass is 9.77. The zero-order valence-corrected chi connectivity index (χ0v) is 7.81. The Balaban J connectivity index is 2.20. The van der Waals surface area contributed by atoms with E-state index in [0.29, 0.717) is 0 Å². The minimum atomic E-state index is -0.747. The van der Waals surface area contributed by atoms with E-state index in [1.807, 2.05) is 0 Å². The first-order valence-corrected chi connectivity index (χ1v) is 5.09. The largest absolute Gasteiger partial charge is 0.365 e. The fraction of sp³-hybridized carbons (Fsp3) is 1.00. The third kappa shape index (κ3) is 0.944. The Morgan fingerprint density at radius 3 is 2.92 bits per heavy atom. The van der Waals surface area contributed by atoms with Gasteiger partial charge in [0.15, 0.2) is 5.79 Å². The molecule has 2 heteroatoms. The summed E-state index contributed by atoms with van der Waals surface area (Å²) in [6.45, 7) is 2.95. The van der Waals surface area contributed by atoms with Gasteiger partial charge in [-0.15, -0.1) is 0 Å². The first-order chi connectivity index (χ1) is 5.72. The topological polar surface area (TPSA) is 29.5 Å². The molecular weight excluding hydrogens is 152 g/mol. The van der Waals surface area contributed by atoms with E-state index in [4.69, 9.17) is 4.74 Å². The van der Waals surface area contributed by atoms with Crippen molar-refractivity contribution in [2.75, 3.05) is 6.61 Å². The first kappa shape index (κ1) is 8.52. The lowest BCUT2D eigenvalue weighted by Crippen LogP contribution is -2.40. The molecule has 0 radical (unpaired) electrons. The average molecular weight is 170 g/mol. The van der Waals surface area contributed by atoms with E-state index in [9.17, 15) is 5.11 Å². The van der Waals surface area contributed by atoms with Crippen molar-refractivity contribution in [1.29, 1.82) is 0 Å². The van der Waals surface area contributed by atoms with Gasteiger partial charge in [0.05, 0.1) is 6.61 Å². The molecule has 0 aromatic carbocycles. The molecule has 70 valence electrons. The van der Waals surface area contributed by atoms with Crippen LogP contribution in [0.25, 0.3) is 0 Å². The van der Waals surface area contributed by atoms with Crippen molar-refractivity contribution in [3.8, 4) is 0 Å². The van der Waals surface area contributed by atoms with Gasteiger partial charge in [0, 0.05) is 11.8 Å². The fourth-order valence-electron chi connectivity index (χ4n) is 3.01. The highest BCUT2D eigenvalue weighted by Crippen LogP contribution is 2.56. The highest BCUT2D eigenvalue weighted by atomic mass is 16.6. The van der Waals surface area contributed by atoms with Crippen LogP contribution in [0.15, 0.2) is 0 Å². The van der Waals surface area contributed by atoms with E-state index in [1.54, 1.807) is 0 Å². The summed E-state index contributed by atoms with van der Waals surface area (Å²) in [5, 5.41) is 10.2. The lowest BCUT2D eigenvalue weighted by molar-refractivity contribution is -0.213. The number of rotatable bonds is 2. The molecule has 0 bridgehead atoms. The number of ether oxygens (including phenoxy) is 1. The normalized spacial score (nSPS) is 46.5. The predicted molar refractivity (Wildman–Crippen MR) is 46.7 cm³/mol. The Labute approximate surface area is 73.9 Å². The maximum Gasteiger partial charge on any atom is 0.171 e. The zero-order chi connectivity index (χ0) is 8.66. The summed E-state index contributed by atoms with van der Waals surface area (Å²) in [5.74, 6) is -0.747. The van der Waals surface area contributed by atoms with Crippen LogP contribution in [-0.2, 0) is 4.74 Å². The van der Waals surface area contributed by atoms with Crippen molar-refractivity contribution in [3.05, 3.63) is 0 Å². The van der Waals surface area contributed by atoms with Crippen molar-refractivity contribution in [2.45, 2.75) is 51.2 Å². The number of aliphatic hydroxyl groups is 1. The van der Waals surface area contributed by atoms with Gasteiger partial charge in [0.2, 0.25) is 0 Å². The Hall–Kier alpha value is -0.0800. The van der Waals surface area contributed by atoms with E-state index in [-0.39, 0.29) is 5.41 Å². The molecule has 0 aromatic rings. The minimum absolute atomic E-state index is 0.127. The molecule has 2 nitrogen and oxygen atoms in total. The van der Waals surface area contributed by atoms with Crippen LogP contribution in [-0.4, -0.2) is 17.5 Å². The molecule has 1 saturated heterocycles. The van der Waals surface area contributed by atoms with E-state index >= 15 is 0 Å². The third-order valence-electron chi connectivity index (χ3n) is 3.65. The minimum Gasteiger partial charge on any atom is -0.365 e. The van der Waals surface area contributed by atoms with Crippen molar-refractivity contribution < 1.29 is 9.84 Å². The van der Waals surface area contributed by atoms with Gasteiger partial charge in [-0.2, -0.15) is 0 Å². The maximum atomic E-state index is 10.2. The molecule has 1 N–H and O–H groups in total. The van der Waals surface area contributed by atoms with Crippen LogP contribution < -0.4 is 0 Å². The Bertz CT molecular complexity index is 167. The van der Waals surface area contributed by atoms with Crippen LogP contribution in [0.3, 0.4) is 0 Å². The molecule has 1 aliphatic heterocycles. The summed E-state index contributed by atoms with van der Waals surface area (Å²) >= 11 is 0. The SMILES string of the molecule is CCCC12CCCC1(O)OCC2. The molecule has 1 saturated carbocycles. The van der Waals surface area contributed by atoms with Gasteiger partial charge in [-0.1, -0.05) is 13.3 Å². The van der Waals surface area contributed by atoms with Crippen LogP contribution in [0, 0.1) is 5.41 Å². The second-order valence-corrected chi connectivity index (χ2v) is 4.27. The molecule has 1 aliphatic carbocycles. The Morgan fingerprint density at radius 1 is 1.33 bits per heavy atom. The van der Waals surface area contributed by atoms with Crippen molar-refractivity contribution in [1.82, 2.24) is 0 Å². The summed E-state index contributed by atoms with van der Waals surface area (Å²) in [4.78, 5) is 0. The first-order valence-electron chi connectivity index (χ1n) is 5.09. The summed E-state index contributed by atoms with van der Waals surface area (Å²) in [7, 11) is 0. The monoisotopic (exact) mass is 170 g/mol. The van der Waals surface area contributed by atoms with Crippen LogP contribution in [0.5, 0.6) is 0 Å². The van der Waals surface area contributed by atoms with Crippen molar-refractivity contribution >= 4 is 0 Å². The second kappa shape index (κ2) is 2.71. The quantitative estimate of drug-likeness (QED) is 0.687. The maximum absolute atomic E-state index is 10.2. The van der Waals surface area contributed by atoms with Crippen LogP contribution >= 0.6 is 0 Å². The average Bonchev–Trinajstić information content (AvgIpc) is 2.42. The van der Waals surface area contributed by atoms with Gasteiger partial charge in [-0.3, -0.25) is 0 Å². The highest BCUT2D eigenvalue weighted by molar-refractivity contribution is 5.01. The molecule has 2 unspecified atom stereocenters. The van der Waals surface area contributed by atoms with Gasteiger partial charge < -0.3 is 9.84 Å². The third-order valence-corrected chi connectivity index (χ3v) is 3.65. The molecule has 0 amide bonds. The fourth-order valence-corrected chi connectivity index (χ4v) is 3.01. The number of hydrogen-bond acceptors (Lipinski definition) is 2.